The van der Waals surface area contributed by atoms with Gasteiger partial charge in [0.05, 0.1) is 4.90 Å². The molecule has 6 nitrogen and oxygen atoms in total. The fourth-order valence-corrected chi connectivity index (χ4v) is 5.83. The van der Waals surface area contributed by atoms with Gasteiger partial charge in [-0.25, -0.2) is 8.42 Å². The van der Waals surface area contributed by atoms with Crippen LogP contribution in [0.2, 0.25) is 0 Å². The summed E-state index contributed by atoms with van der Waals surface area (Å²) in [5.41, 5.74) is 3.07. The molecular weight excluding hydrogens is 412 g/mol. The highest BCUT2D eigenvalue weighted by Gasteiger charge is 2.26. The van der Waals surface area contributed by atoms with Gasteiger partial charge in [0.1, 0.15) is 5.75 Å². The third-order valence-electron chi connectivity index (χ3n) is 6.10. The van der Waals surface area contributed by atoms with Crippen molar-refractivity contribution < 1.29 is 17.9 Å². The van der Waals surface area contributed by atoms with Crippen LogP contribution in [0.4, 0.5) is 5.69 Å². The molecule has 0 spiro atoms. The van der Waals surface area contributed by atoms with Crippen molar-refractivity contribution >= 4 is 21.6 Å². The van der Waals surface area contributed by atoms with Crippen molar-refractivity contribution in [2.24, 2.45) is 0 Å². The minimum atomic E-state index is -3.48. The summed E-state index contributed by atoms with van der Waals surface area (Å²) in [6.07, 6.45) is 6.57. The van der Waals surface area contributed by atoms with Crippen molar-refractivity contribution in [2.75, 3.05) is 18.4 Å². The zero-order chi connectivity index (χ0) is 21.8. The van der Waals surface area contributed by atoms with Crippen molar-refractivity contribution in [3.05, 3.63) is 53.6 Å². The van der Waals surface area contributed by atoms with E-state index in [0.29, 0.717) is 18.8 Å². The molecule has 2 aromatic rings. The molecule has 1 amide bonds. The van der Waals surface area contributed by atoms with E-state index in [2.05, 4.69) is 11.4 Å². The van der Waals surface area contributed by atoms with E-state index in [1.165, 1.54) is 17.5 Å². The number of fused-ring (bicyclic) bond motifs is 1. The van der Waals surface area contributed by atoms with Crippen LogP contribution in [0, 0.1) is 0 Å². The molecule has 1 heterocycles. The van der Waals surface area contributed by atoms with Gasteiger partial charge in [-0.05, 0) is 86.9 Å². The van der Waals surface area contributed by atoms with Gasteiger partial charge in [0.2, 0.25) is 10.0 Å². The SMILES string of the molecule is CC(Oc1cccc2c1CCCC2)C(=O)Nc1ccc(S(=O)(=O)N2CCCCC2)cc1. The molecule has 2 aromatic carbocycles. The number of ether oxygens (including phenoxy) is 1. The number of rotatable bonds is 6. The molecule has 1 aliphatic carbocycles. The minimum absolute atomic E-state index is 0.257. The molecule has 0 aromatic heterocycles. The molecule has 4 rings (SSSR count). The Balaban J connectivity index is 1.39. The highest BCUT2D eigenvalue weighted by molar-refractivity contribution is 7.89. The van der Waals surface area contributed by atoms with E-state index >= 15 is 0 Å². The van der Waals surface area contributed by atoms with E-state index in [1.54, 1.807) is 35.5 Å². The molecule has 0 bridgehead atoms. The van der Waals surface area contributed by atoms with Crippen LogP contribution < -0.4 is 10.1 Å². The monoisotopic (exact) mass is 442 g/mol. The molecule has 1 N–H and O–H groups in total. The molecule has 1 aliphatic heterocycles. The molecule has 1 fully saturated rings. The highest BCUT2D eigenvalue weighted by Crippen LogP contribution is 2.30. The fraction of sp³-hybridized carbons (Fsp3) is 0.458. The Bertz CT molecular complexity index is 1030. The summed E-state index contributed by atoms with van der Waals surface area (Å²) in [6.45, 7) is 2.87. The van der Waals surface area contributed by atoms with Crippen LogP contribution in [-0.2, 0) is 27.7 Å². The number of sulfonamides is 1. The lowest BCUT2D eigenvalue weighted by Gasteiger charge is -2.26. The van der Waals surface area contributed by atoms with Crippen LogP contribution in [0.1, 0.15) is 50.2 Å². The second-order valence-electron chi connectivity index (χ2n) is 8.34. The number of aryl methyl sites for hydroxylation is 1. The number of nitrogens with zero attached hydrogens (tertiary/aromatic N) is 1. The summed E-state index contributed by atoms with van der Waals surface area (Å²) in [5.74, 6) is 0.517. The van der Waals surface area contributed by atoms with Crippen molar-refractivity contribution in [3.63, 3.8) is 0 Å². The lowest BCUT2D eigenvalue weighted by Crippen LogP contribution is -2.35. The predicted molar refractivity (Wildman–Crippen MR) is 121 cm³/mol. The molecular formula is C24H30N2O4S. The van der Waals surface area contributed by atoms with Crippen LogP contribution in [0.15, 0.2) is 47.4 Å². The summed E-state index contributed by atoms with van der Waals surface area (Å²) in [4.78, 5) is 12.9. The average Bonchev–Trinajstić information content (AvgIpc) is 2.80. The van der Waals surface area contributed by atoms with Gasteiger partial charge in [-0.15, -0.1) is 0 Å². The molecule has 1 atom stereocenters. The Morgan fingerprint density at radius 2 is 1.68 bits per heavy atom. The molecule has 7 heteroatoms. The number of hydrogen-bond donors (Lipinski definition) is 1. The van der Waals surface area contributed by atoms with Gasteiger partial charge in [-0.1, -0.05) is 18.6 Å². The van der Waals surface area contributed by atoms with E-state index in [9.17, 15) is 13.2 Å². The number of hydrogen-bond acceptors (Lipinski definition) is 4. The predicted octanol–water partition coefficient (Wildman–Crippen LogP) is 4.15. The first-order chi connectivity index (χ1) is 14.9. The zero-order valence-electron chi connectivity index (χ0n) is 18.0. The molecule has 166 valence electrons. The van der Waals surface area contributed by atoms with Crippen LogP contribution in [0.5, 0.6) is 5.75 Å². The van der Waals surface area contributed by atoms with Crippen LogP contribution in [0.25, 0.3) is 0 Å². The number of carbonyl (C=O) groups is 1. The second-order valence-corrected chi connectivity index (χ2v) is 10.3. The van der Waals surface area contributed by atoms with E-state index in [4.69, 9.17) is 4.74 Å². The largest absolute Gasteiger partial charge is 0.481 e. The third kappa shape index (κ3) is 4.93. The van der Waals surface area contributed by atoms with Gasteiger partial charge >= 0.3 is 0 Å². The maximum Gasteiger partial charge on any atom is 0.265 e. The van der Waals surface area contributed by atoms with Gasteiger partial charge in [-0.2, -0.15) is 4.31 Å². The van der Waals surface area contributed by atoms with E-state index < -0.39 is 16.1 Å². The Kier molecular flexibility index (Phi) is 6.62. The van der Waals surface area contributed by atoms with E-state index in [1.807, 2.05) is 12.1 Å². The number of piperidine rings is 1. The fourth-order valence-electron chi connectivity index (χ4n) is 4.31. The van der Waals surface area contributed by atoms with E-state index in [0.717, 1.165) is 44.3 Å². The first kappa shape index (κ1) is 21.8. The molecule has 31 heavy (non-hydrogen) atoms. The number of amides is 1. The summed E-state index contributed by atoms with van der Waals surface area (Å²) in [7, 11) is -3.48. The lowest BCUT2D eigenvalue weighted by atomic mass is 9.91. The van der Waals surface area contributed by atoms with Gasteiger partial charge < -0.3 is 10.1 Å². The van der Waals surface area contributed by atoms with Crippen LogP contribution in [0.3, 0.4) is 0 Å². The Hall–Kier alpha value is -2.38. The Morgan fingerprint density at radius 3 is 2.42 bits per heavy atom. The van der Waals surface area contributed by atoms with Crippen LogP contribution >= 0.6 is 0 Å². The van der Waals surface area contributed by atoms with E-state index in [-0.39, 0.29) is 10.8 Å². The topological polar surface area (TPSA) is 75.7 Å². The zero-order valence-corrected chi connectivity index (χ0v) is 18.8. The number of anilines is 1. The summed E-state index contributed by atoms with van der Waals surface area (Å²) >= 11 is 0. The third-order valence-corrected chi connectivity index (χ3v) is 8.01. The summed E-state index contributed by atoms with van der Waals surface area (Å²) in [6, 6.07) is 12.4. The highest BCUT2D eigenvalue weighted by atomic mass is 32.2. The quantitative estimate of drug-likeness (QED) is 0.729. The standard InChI is InChI=1S/C24H30N2O4S/c1-18(30-23-11-7-9-19-8-3-4-10-22(19)23)24(27)25-20-12-14-21(15-13-20)31(28,29)26-16-5-2-6-17-26/h7,9,11-15,18H,2-6,8,10,16-17H2,1H3,(H,25,27). The van der Waals surface area contributed by atoms with Crippen molar-refractivity contribution in [1.29, 1.82) is 0 Å². The minimum Gasteiger partial charge on any atom is -0.481 e. The number of benzene rings is 2. The molecule has 2 aliphatic rings. The smallest absolute Gasteiger partial charge is 0.265 e. The van der Waals surface area contributed by atoms with Crippen molar-refractivity contribution in [1.82, 2.24) is 4.31 Å². The van der Waals surface area contributed by atoms with Gasteiger partial charge in [0.25, 0.3) is 5.91 Å². The first-order valence-electron chi connectivity index (χ1n) is 11.1. The van der Waals surface area contributed by atoms with Crippen molar-refractivity contribution in [2.45, 2.75) is 62.9 Å². The Morgan fingerprint density at radius 1 is 0.968 bits per heavy atom. The molecule has 1 saturated heterocycles. The maximum atomic E-state index is 12.8. The number of nitrogens with one attached hydrogen (secondary N) is 1. The van der Waals surface area contributed by atoms with Gasteiger partial charge in [-0.3, -0.25) is 4.79 Å². The van der Waals surface area contributed by atoms with Gasteiger partial charge in [0, 0.05) is 18.8 Å². The van der Waals surface area contributed by atoms with Crippen molar-refractivity contribution in [3.8, 4) is 5.75 Å². The second kappa shape index (κ2) is 9.40. The molecule has 0 radical (unpaired) electrons. The molecule has 0 saturated carbocycles. The first-order valence-corrected chi connectivity index (χ1v) is 12.6. The van der Waals surface area contributed by atoms with Gasteiger partial charge in [0.15, 0.2) is 6.10 Å². The normalized spacial score (nSPS) is 18.1. The molecule has 1 unspecified atom stereocenters. The number of carbonyl (C=O) groups excluding carboxylic acids is 1. The summed E-state index contributed by atoms with van der Waals surface area (Å²) < 4.78 is 33.1. The average molecular weight is 443 g/mol. The summed E-state index contributed by atoms with van der Waals surface area (Å²) in [5, 5.41) is 2.83. The van der Waals surface area contributed by atoms with Crippen LogP contribution in [-0.4, -0.2) is 37.8 Å². The Labute approximate surface area is 184 Å². The lowest BCUT2D eigenvalue weighted by molar-refractivity contribution is -0.122. The maximum absolute atomic E-state index is 12.8.